The molecule has 1 aliphatic rings. The molecule has 1 aliphatic heterocycles. The van der Waals surface area contributed by atoms with Gasteiger partial charge in [-0.3, -0.25) is 14.5 Å². The van der Waals surface area contributed by atoms with Crippen molar-refractivity contribution < 1.29 is 19.1 Å². The number of hydrogen-bond donors (Lipinski definition) is 2. The highest BCUT2D eigenvalue weighted by molar-refractivity contribution is 6.04. The van der Waals surface area contributed by atoms with Gasteiger partial charge in [0.05, 0.1) is 24.5 Å². The maximum Gasteiger partial charge on any atom is 0.262 e. The monoisotopic (exact) mass is 397 g/mol. The molecule has 7 nitrogen and oxygen atoms in total. The van der Waals surface area contributed by atoms with Gasteiger partial charge in [-0.15, -0.1) is 0 Å². The van der Waals surface area contributed by atoms with Crippen molar-refractivity contribution in [3.63, 3.8) is 0 Å². The van der Waals surface area contributed by atoms with Crippen molar-refractivity contribution in [3.05, 3.63) is 59.7 Å². The van der Waals surface area contributed by atoms with Crippen molar-refractivity contribution >= 4 is 17.5 Å². The summed E-state index contributed by atoms with van der Waals surface area (Å²) in [6.07, 6.45) is 0. The fourth-order valence-corrected chi connectivity index (χ4v) is 3.09. The second-order valence-electron chi connectivity index (χ2n) is 6.86. The minimum atomic E-state index is -0.318. The van der Waals surface area contributed by atoms with Crippen LogP contribution in [0.3, 0.4) is 0 Å². The molecule has 29 heavy (non-hydrogen) atoms. The quantitative estimate of drug-likeness (QED) is 0.713. The summed E-state index contributed by atoms with van der Waals surface area (Å²) in [5, 5.41) is 5.69. The summed E-state index contributed by atoms with van der Waals surface area (Å²) < 4.78 is 10.9. The number of morpholine rings is 1. The Morgan fingerprint density at radius 1 is 1.07 bits per heavy atom. The van der Waals surface area contributed by atoms with Crippen LogP contribution in [-0.2, 0) is 9.53 Å². The average molecular weight is 397 g/mol. The van der Waals surface area contributed by atoms with Crippen molar-refractivity contribution in [2.24, 2.45) is 0 Å². The Bertz CT molecular complexity index is 834. The van der Waals surface area contributed by atoms with Crippen molar-refractivity contribution in [1.29, 1.82) is 0 Å². The molecular formula is C22H27N3O4. The average Bonchev–Trinajstić information content (AvgIpc) is 2.74. The number of hydrogen-bond acceptors (Lipinski definition) is 5. The summed E-state index contributed by atoms with van der Waals surface area (Å²) in [6, 6.07) is 14.5. The van der Waals surface area contributed by atoms with Gasteiger partial charge >= 0.3 is 0 Å². The van der Waals surface area contributed by atoms with Crippen molar-refractivity contribution in [2.45, 2.75) is 6.92 Å². The molecule has 2 aromatic rings. The van der Waals surface area contributed by atoms with Crippen LogP contribution in [0.5, 0.6) is 5.75 Å². The van der Waals surface area contributed by atoms with E-state index in [0.717, 1.165) is 38.4 Å². The molecule has 0 saturated carbocycles. The topological polar surface area (TPSA) is 79.9 Å². The highest BCUT2D eigenvalue weighted by atomic mass is 16.5. The van der Waals surface area contributed by atoms with Crippen LogP contribution in [0.15, 0.2) is 48.5 Å². The molecule has 0 aromatic heterocycles. The number of rotatable bonds is 8. The molecule has 1 saturated heterocycles. The smallest absolute Gasteiger partial charge is 0.262 e. The lowest BCUT2D eigenvalue weighted by Crippen LogP contribution is -2.41. The first-order chi connectivity index (χ1) is 14.1. The minimum absolute atomic E-state index is 0.127. The predicted molar refractivity (Wildman–Crippen MR) is 111 cm³/mol. The van der Waals surface area contributed by atoms with Gasteiger partial charge in [0, 0.05) is 26.2 Å². The van der Waals surface area contributed by atoms with Crippen molar-refractivity contribution in [3.8, 4) is 5.75 Å². The number of amides is 2. The van der Waals surface area contributed by atoms with Gasteiger partial charge in [0.1, 0.15) is 5.75 Å². The lowest BCUT2D eigenvalue weighted by atomic mass is 10.1. The molecule has 0 bridgehead atoms. The van der Waals surface area contributed by atoms with Gasteiger partial charge in [0.2, 0.25) is 0 Å². The molecule has 2 N–H and O–H groups in total. The van der Waals surface area contributed by atoms with E-state index >= 15 is 0 Å². The number of carbonyl (C=O) groups is 2. The first-order valence-corrected chi connectivity index (χ1v) is 9.79. The predicted octanol–water partition coefficient (Wildman–Crippen LogP) is 2.07. The van der Waals surface area contributed by atoms with Crippen molar-refractivity contribution in [2.75, 3.05) is 51.3 Å². The zero-order valence-corrected chi connectivity index (χ0v) is 16.6. The van der Waals surface area contributed by atoms with Crippen LogP contribution in [0.25, 0.3) is 0 Å². The Kier molecular flexibility index (Phi) is 7.61. The van der Waals surface area contributed by atoms with Crippen LogP contribution in [0.4, 0.5) is 5.69 Å². The largest absolute Gasteiger partial charge is 0.483 e. The molecule has 2 amide bonds. The van der Waals surface area contributed by atoms with Crippen LogP contribution >= 0.6 is 0 Å². The summed E-state index contributed by atoms with van der Waals surface area (Å²) in [5.41, 5.74) is 1.86. The summed E-state index contributed by atoms with van der Waals surface area (Å²) in [4.78, 5) is 27.1. The number of anilines is 1. The second kappa shape index (κ2) is 10.6. The number of aryl methyl sites for hydroxylation is 1. The lowest BCUT2D eigenvalue weighted by molar-refractivity contribution is -0.118. The number of ether oxygens (including phenoxy) is 2. The fourth-order valence-electron chi connectivity index (χ4n) is 3.09. The molecule has 3 rings (SSSR count). The SMILES string of the molecule is Cc1ccccc1OCC(=O)Nc1ccccc1C(=O)NCCN1CCOCC1. The standard InChI is InChI=1S/C22H27N3O4/c1-17-6-2-5-9-20(17)29-16-21(26)24-19-8-4-3-7-18(19)22(27)23-10-11-25-12-14-28-15-13-25/h2-9H,10-16H2,1H3,(H,23,27)(H,24,26). The van der Waals surface area contributed by atoms with E-state index < -0.39 is 0 Å². The van der Waals surface area contributed by atoms with Crippen LogP contribution < -0.4 is 15.4 Å². The number of nitrogens with one attached hydrogen (secondary N) is 2. The molecule has 0 unspecified atom stereocenters. The molecule has 1 heterocycles. The Morgan fingerprint density at radius 2 is 1.79 bits per heavy atom. The number of benzene rings is 2. The van der Waals surface area contributed by atoms with E-state index in [2.05, 4.69) is 15.5 Å². The molecule has 0 radical (unpaired) electrons. The van der Waals surface area contributed by atoms with Crippen LogP contribution in [0, 0.1) is 6.92 Å². The lowest BCUT2D eigenvalue weighted by Gasteiger charge is -2.26. The van der Waals surface area contributed by atoms with Gasteiger partial charge < -0.3 is 20.1 Å². The third kappa shape index (κ3) is 6.30. The number of carbonyl (C=O) groups excluding carboxylic acids is 2. The van der Waals surface area contributed by atoms with E-state index in [4.69, 9.17) is 9.47 Å². The van der Waals surface area contributed by atoms with E-state index in [9.17, 15) is 9.59 Å². The van der Waals surface area contributed by atoms with Crippen LogP contribution in [0.1, 0.15) is 15.9 Å². The Hall–Kier alpha value is -2.90. The van der Waals surface area contributed by atoms with E-state index in [1.165, 1.54) is 0 Å². The third-order valence-corrected chi connectivity index (χ3v) is 4.72. The summed E-state index contributed by atoms with van der Waals surface area (Å²) >= 11 is 0. The van der Waals surface area contributed by atoms with Gasteiger partial charge in [-0.25, -0.2) is 0 Å². The first-order valence-electron chi connectivity index (χ1n) is 9.79. The molecule has 0 atom stereocenters. The first kappa shape index (κ1) is 20.8. The van der Waals surface area contributed by atoms with Gasteiger partial charge in [-0.1, -0.05) is 30.3 Å². The Balaban J connectivity index is 1.51. The van der Waals surface area contributed by atoms with E-state index in [1.54, 1.807) is 24.3 Å². The summed E-state index contributed by atoms with van der Waals surface area (Å²) in [7, 11) is 0. The van der Waals surface area contributed by atoms with Gasteiger partial charge in [0.15, 0.2) is 6.61 Å². The molecule has 1 fully saturated rings. The number of para-hydroxylation sites is 2. The maximum absolute atomic E-state index is 12.6. The molecular weight excluding hydrogens is 370 g/mol. The van der Waals surface area contributed by atoms with Crippen LogP contribution in [0.2, 0.25) is 0 Å². The van der Waals surface area contributed by atoms with Crippen molar-refractivity contribution in [1.82, 2.24) is 10.2 Å². The summed E-state index contributed by atoms with van der Waals surface area (Å²) in [6.45, 7) is 6.32. The van der Waals surface area contributed by atoms with Crippen LogP contribution in [-0.4, -0.2) is 62.7 Å². The zero-order valence-electron chi connectivity index (χ0n) is 16.6. The zero-order chi connectivity index (χ0) is 20.5. The highest BCUT2D eigenvalue weighted by Gasteiger charge is 2.15. The Labute approximate surface area is 171 Å². The molecule has 154 valence electrons. The van der Waals surface area contributed by atoms with Gasteiger partial charge in [-0.2, -0.15) is 0 Å². The molecule has 2 aromatic carbocycles. The fraction of sp³-hybridized carbons (Fsp3) is 0.364. The third-order valence-electron chi connectivity index (χ3n) is 4.72. The molecule has 0 aliphatic carbocycles. The summed E-state index contributed by atoms with van der Waals surface area (Å²) in [5.74, 6) is 0.132. The molecule has 7 heteroatoms. The number of nitrogens with zero attached hydrogens (tertiary/aromatic N) is 1. The highest BCUT2D eigenvalue weighted by Crippen LogP contribution is 2.17. The molecule has 0 spiro atoms. The van der Waals surface area contributed by atoms with Gasteiger partial charge in [0.25, 0.3) is 11.8 Å². The van der Waals surface area contributed by atoms with Gasteiger partial charge in [-0.05, 0) is 30.7 Å². The van der Waals surface area contributed by atoms with E-state index in [0.29, 0.717) is 23.5 Å². The van der Waals surface area contributed by atoms with E-state index in [-0.39, 0.29) is 18.4 Å². The minimum Gasteiger partial charge on any atom is -0.483 e. The normalized spacial score (nSPS) is 14.2. The second-order valence-corrected chi connectivity index (χ2v) is 6.86. The maximum atomic E-state index is 12.6. The van der Waals surface area contributed by atoms with E-state index in [1.807, 2.05) is 31.2 Å². The Morgan fingerprint density at radius 3 is 2.59 bits per heavy atom.